The van der Waals surface area contributed by atoms with Gasteiger partial charge in [-0.2, -0.15) is 0 Å². The number of nitrogens with one attached hydrogen (secondary N) is 1. The van der Waals surface area contributed by atoms with Crippen LogP contribution in [-0.4, -0.2) is 33.9 Å². The molecule has 1 heterocycles. The van der Waals surface area contributed by atoms with Gasteiger partial charge in [0.2, 0.25) is 5.91 Å². The average molecular weight is 374 g/mol. The van der Waals surface area contributed by atoms with E-state index in [1.165, 1.54) is 31.4 Å². The predicted molar refractivity (Wildman–Crippen MR) is 96.6 cm³/mol. The molecule has 1 fully saturated rings. The Kier molecular flexibility index (Phi) is 4.94. The summed E-state index contributed by atoms with van der Waals surface area (Å²) in [4.78, 5) is 24.9. The lowest BCUT2D eigenvalue weighted by molar-refractivity contribution is -0.117. The van der Waals surface area contributed by atoms with Crippen LogP contribution in [0.1, 0.15) is 23.2 Å². The van der Waals surface area contributed by atoms with Gasteiger partial charge in [0.1, 0.15) is 0 Å². The van der Waals surface area contributed by atoms with Crippen LogP contribution in [0, 0.1) is 0 Å². The van der Waals surface area contributed by atoms with Crippen molar-refractivity contribution in [2.45, 2.75) is 17.7 Å². The normalized spacial score (nSPS) is 14.3. The van der Waals surface area contributed by atoms with Crippen LogP contribution in [0.25, 0.3) is 0 Å². The number of methoxy groups -OCH3 is 1. The van der Waals surface area contributed by atoms with Crippen LogP contribution in [0.3, 0.4) is 0 Å². The zero-order valence-corrected chi connectivity index (χ0v) is 15.0. The summed E-state index contributed by atoms with van der Waals surface area (Å²) in [7, 11) is -2.53. The maximum absolute atomic E-state index is 12.5. The first-order valence-corrected chi connectivity index (χ1v) is 9.51. The van der Waals surface area contributed by atoms with Crippen LogP contribution in [0.5, 0.6) is 0 Å². The first-order chi connectivity index (χ1) is 12.4. The van der Waals surface area contributed by atoms with Crippen LogP contribution in [0.4, 0.5) is 11.4 Å². The number of hydrogen-bond acceptors (Lipinski definition) is 5. The van der Waals surface area contributed by atoms with Crippen LogP contribution >= 0.6 is 0 Å². The van der Waals surface area contributed by atoms with E-state index in [1.54, 1.807) is 29.2 Å². The first kappa shape index (κ1) is 17.9. The molecule has 0 aliphatic carbocycles. The number of benzene rings is 2. The molecule has 0 radical (unpaired) electrons. The topological polar surface area (TPSA) is 92.8 Å². The van der Waals surface area contributed by atoms with Gasteiger partial charge in [-0.3, -0.25) is 9.52 Å². The van der Waals surface area contributed by atoms with E-state index < -0.39 is 16.0 Å². The molecule has 1 N–H and O–H groups in total. The molecule has 0 unspecified atom stereocenters. The van der Waals surface area contributed by atoms with E-state index in [0.717, 1.165) is 12.1 Å². The molecule has 1 aliphatic rings. The highest BCUT2D eigenvalue weighted by Gasteiger charge is 2.22. The fourth-order valence-electron chi connectivity index (χ4n) is 2.73. The standard InChI is InChI=1S/C18H18N2O5S/c1-25-18(22)13-4-10-16(11-5-13)26(23,24)19-14-6-8-15(9-7-14)20-12-2-3-17(20)21/h4-11,19H,2-3,12H2,1H3. The molecular weight excluding hydrogens is 356 g/mol. The van der Waals surface area contributed by atoms with Gasteiger partial charge in [0, 0.05) is 24.3 Å². The van der Waals surface area contributed by atoms with Crippen LogP contribution in [0.2, 0.25) is 0 Å². The van der Waals surface area contributed by atoms with E-state index in [1.807, 2.05) is 0 Å². The number of anilines is 2. The molecule has 0 bridgehead atoms. The Morgan fingerprint density at radius 1 is 1.08 bits per heavy atom. The lowest BCUT2D eigenvalue weighted by atomic mass is 10.2. The van der Waals surface area contributed by atoms with Crippen LogP contribution in [-0.2, 0) is 19.6 Å². The van der Waals surface area contributed by atoms with E-state index in [9.17, 15) is 18.0 Å². The Bertz CT molecular complexity index is 921. The van der Waals surface area contributed by atoms with E-state index in [4.69, 9.17) is 0 Å². The second-order valence-corrected chi connectivity index (χ2v) is 7.50. The van der Waals surface area contributed by atoms with Crippen molar-refractivity contribution in [3.63, 3.8) is 0 Å². The summed E-state index contributed by atoms with van der Waals surface area (Å²) < 4.78 is 32.0. The van der Waals surface area contributed by atoms with E-state index in [0.29, 0.717) is 18.7 Å². The van der Waals surface area contributed by atoms with E-state index in [-0.39, 0.29) is 16.4 Å². The van der Waals surface area contributed by atoms with Crippen molar-refractivity contribution < 1.29 is 22.7 Å². The van der Waals surface area contributed by atoms with Gasteiger partial charge in [-0.1, -0.05) is 0 Å². The Morgan fingerprint density at radius 2 is 1.73 bits per heavy atom. The lowest BCUT2D eigenvalue weighted by Gasteiger charge is -2.16. The summed E-state index contributed by atoms with van der Waals surface area (Å²) in [6.45, 7) is 0.677. The zero-order chi connectivity index (χ0) is 18.7. The largest absolute Gasteiger partial charge is 0.465 e. The number of rotatable bonds is 5. The molecule has 0 saturated carbocycles. The van der Waals surface area contributed by atoms with Crippen LogP contribution in [0.15, 0.2) is 53.4 Å². The SMILES string of the molecule is COC(=O)c1ccc(S(=O)(=O)Nc2ccc(N3CCCC3=O)cc2)cc1. The Morgan fingerprint density at radius 3 is 2.27 bits per heavy atom. The minimum atomic E-state index is -3.79. The smallest absolute Gasteiger partial charge is 0.337 e. The Labute approximate surface area is 151 Å². The first-order valence-electron chi connectivity index (χ1n) is 8.02. The van der Waals surface area contributed by atoms with Crippen molar-refractivity contribution in [2.24, 2.45) is 0 Å². The van der Waals surface area contributed by atoms with Gasteiger partial charge in [-0.05, 0) is 55.0 Å². The van der Waals surface area contributed by atoms with Gasteiger partial charge in [0.15, 0.2) is 0 Å². The number of sulfonamides is 1. The van der Waals surface area contributed by atoms with Crippen LogP contribution < -0.4 is 9.62 Å². The van der Waals surface area contributed by atoms with Crippen molar-refractivity contribution in [3.05, 3.63) is 54.1 Å². The molecule has 7 nitrogen and oxygen atoms in total. The van der Waals surface area contributed by atoms with Crippen molar-refractivity contribution >= 4 is 33.3 Å². The molecular formula is C18H18N2O5S. The third-order valence-electron chi connectivity index (χ3n) is 4.09. The van der Waals surface area contributed by atoms with Gasteiger partial charge in [0.25, 0.3) is 10.0 Å². The molecule has 1 amide bonds. The summed E-state index contributed by atoms with van der Waals surface area (Å²) in [5.74, 6) is -0.460. The maximum atomic E-state index is 12.5. The molecule has 136 valence electrons. The Balaban J connectivity index is 1.74. The predicted octanol–water partition coefficient (Wildman–Crippen LogP) is 2.40. The van der Waals surface area contributed by atoms with Gasteiger partial charge in [-0.25, -0.2) is 13.2 Å². The van der Waals surface area contributed by atoms with Gasteiger partial charge < -0.3 is 9.64 Å². The summed E-state index contributed by atoms with van der Waals surface area (Å²) in [6, 6.07) is 12.1. The van der Waals surface area contributed by atoms with Gasteiger partial charge in [-0.15, -0.1) is 0 Å². The number of nitrogens with zero attached hydrogens (tertiary/aromatic N) is 1. The molecule has 0 spiro atoms. The number of carbonyl (C=O) groups excluding carboxylic acids is 2. The summed E-state index contributed by atoms with van der Waals surface area (Å²) >= 11 is 0. The zero-order valence-electron chi connectivity index (χ0n) is 14.1. The maximum Gasteiger partial charge on any atom is 0.337 e. The number of ether oxygens (including phenoxy) is 1. The monoisotopic (exact) mass is 374 g/mol. The molecule has 2 aromatic carbocycles. The quantitative estimate of drug-likeness (QED) is 0.811. The summed E-state index contributed by atoms with van der Waals surface area (Å²) in [6.07, 6.45) is 1.37. The van der Waals surface area contributed by atoms with Gasteiger partial charge >= 0.3 is 5.97 Å². The molecule has 26 heavy (non-hydrogen) atoms. The number of hydrogen-bond donors (Lipinski definition) is 1. The van der Waals surface area contributed by atoms with E-state index >= 15 is 0 Å². The molecule has 2 aromatic rings. The second-order valence-electron chi connectivity index (χ2n) is 5.82. The fraction of sp³-hybridized carbons (Fsp3) is 0.222. The van der Waals surface area contributed by atoms with Crippen molar-refractivity contribution in [1.29, 1.82) is 0 Å². The average Bonchev–Trinajstić information content (AvgIpc) is 3.07. The fourth-order valence-corrected chi connectivity index (χ4v) is 3.79. The Hall–Kier alpha value is -2.87. The van der Waals surface area contributed by atoms with Crippen molar-refractivity contribution in [3.8, 4) is 0 Å². The van der Waals surface area contributed by atoms with Crippen molar-refractivity contribution in [2.75, 3.05) is 23.3 Å². The molecule has 3 rings (SSSR count). The number of esters is 1. The molecule has 8 heteroatoms. The molecule has 0 aromatic heterocycles. The third kappa shape index (κ3) is 3.70. The highest BCUT2D eigenvalue weighted by Crippen LogP contribution is 2.24. The van der Waals surface area contributed by atoms with Crippen molar-refractivity contribution in [1.82, 2.24) is 0 Å². The van der Waals surface area contributed by atoms with Gasteiger partial charge in [0.05, 0.1) is 17.6 Å². The van der Waals surface area contributed by atoms with E-state index in [2.05, 4.69) is 9.46 Å². The highest BCUT2D eigenvalue weighted by molar-refractivity contribution is 7.92. The third-order valence-corrected chi connectivity index (χ3v) is 5.49. The minimum absolute atomic E-state index is 0.0314. The number of amides is 1. The minimum Gasteiger partial charge on any atom is -0.465 e. The lowest BCUT2D eigenvalue weighted by Crippen LogP contribution is -2.23. The second kappa shape index (κ2) is 7.17. The molecule has 1 saturated heterocycles. The molecule has 1 aliphatic heterocycles. The number of carbonyl (C=O) groups is 2. The summed E-state index contributed by atoms with van der Waals surface area (Å²) in [5, 5.41) is 0. The molecule has 0 atom stereocenters. The highest BCUT2D eigenvalue weighted by atomic mass is 32.2. The summed E-state index contributed by atoms with van der Waals surface area (Å²) in [5.41, 5.74) is 1.40.